The van der Waals surface area contributed by atoms with E-state index in [9.17, 15) is 0 Å². The average Bonchev–Trinajstić information content (AvgIpc) is 2.38. The Balaban J connectivity index is 2.35. The lowest BCUT2D eigenvalue weighted by molar-refractivity contribution is 0.0531. The molecule has 0 saturated carbocycles. The summed E-state index contributed by atoms with van der Waals surface area (Å²) in [6.45, 7) is 1.98. The minimum absolute atomic E-state index is 0.111. The van der Waals surface area contributed by atoms with E-state index in [2.05, 4.69) is 11.1 Å². The molecule has 4 nitrogen and oxygen atoms in total. The summed E-state index contributed by atoms with van der Waals surface area (Å²) in [6.07, 6.45) is 1.76. The third-order valence-corrected chi connectivity index (χ3v) is 3.79. The van der Waals surface area contributed by atoms with Gasteiger partial charge in [0, 0.05) is 23.7 Å². The van der Waals surface area contributed by atoms with Gasteiger partial charge in [0.05, 0.1) is 6.54 Å². The van der Waals surface area contributed by atoms with Crippen molar-refractivity contribution >= 4 is 17.6 Å². The SMILES string of the molecule is NC(N)=NCC1(c2ccccc2Cl)CCOCC1. The van der Waals surface area contributed by atoms with Crippen LogP contribution in [0.5, 0.6) is 0 Å². The quantitative estimate of drug-likeness (QED) is 0.646. The van der Waals surface area contributed by atoms with Crippen LogP contribution in [0, 0.1) is 0 Å². The van der Waals surface area contributed by atoms with Gasteiger partial charge >= 0.3 is 0 Å². The van der Waals surface area contributed by atoms with Crippen LogP contribution in [0.3, 0.4) is 0 Å². The highest BCUT2D eigenvalue weighted by Gasteiger charge is 2.35. The van der Waals surface area contributed by atoms with Gasteiger partial charge in [0.2, 0.25) is 0 Å². The number of ether oxygens (including phenoxy) is 1. The molecule has 98 valence electrons. The Bertz CT molecular complexity index is 438. The van der Waals surface area contributed by atoms with Crippen LogP contribution in [0.25, 0.3) is 0 Å². The van der Waals surface area contributed by atoms with Crippen molar-refractivity contribution in [2.45, 2.75) is 18.3 Å². The fourth-order valence-electron chi connectivity index (χ4n) is 2.41. The van der Waals surface area contributed by atoms with Crippen molar-refractivity contribution in [3.8, 4) is 0 Å². The Kier molecular flexibility index (Phi) is 4.09. The number of aliphatic imine (C=N–C) groups is 1. The highest BCUT2D eigenvalue weighted by molar-refractivity contribution is 6.31. The summed E-state index contributed by atoms with van der Waals surface area (Å²) in [5.74, 6) is 0.118. The van der Waals surface area contributed by atoms with Gasteiger partial charge in [-0.2, -0.15) is 0 Å². The number of benzene rings is 1. The van der Waals surface area contributed by atoms with Gasteiger partial charge in [0.15, 0.2) is 5.96 Å². The average molecular weight is 268 g/mol. The van der Waals surface area contributed by atoms with Crippen LogP contribution in [0.15, 0.2) is 29.3 Å². The molecule has 0 bridgehead atoms. The van der Waals surface area contributed by atoms with E-state index < -0.39 is 0 Å². The number of rotatable bonds is 3. The molecule has 1 heterocycles. The summed E-state index contributed by atoms with van der Waals surface area (Å²) in [5, 5.41) is 0.769. The van der Waals surface area contributed by atoms with Crippen LogP contribution in [-0.2, 0) is 10.2 Å². The van der Waals surface area contributed by atoms with Gasteiger partial charge in [-0.15, -0.1) is 0 Å². The second kappa shape index (κ2) is 5.59. The predicted molar refractivity (Wildman–Crippen MR) is 73.9 cm³/mol. The summed E-state index contributed by atoms with van der Waals surface area (Å²) >= 11 is 6.31. The number of hydrogen-bond acceptors (Lipinski definition) is 2. The van der Waals surface area contributed by atoms with Crippen molar-refractivity contribution in [2.24, 2.45) is 16.5 Å². The molecule has 1 aromatic rings. The Hall–Kier alpha value is -1.26. The first-order chi connectivity index (χ1) is 8.64. The molecule has 0 aliphatic carbocycles. The normalized spacial score (nSPS) is 18.3. The maximum atomic E-state index is 6.31. The summed E-state index contributed by atoms with van der Waals surface area (Å²) in [5.41, 5.74) is 11.9. The van der Waals surface area contributed by atoms with E-state index in [1.165, 1.54) is 0 Å². The molecule has 2 rings (SSSR count). The number of guanidine groups is 1. The van der Waals surface area contributed by atoms with Crippen LogP contribution in [0.1, 0.15) is 18.4 Å². The van der Waals surface area contributed by atoms with Crippen LogP contribution in [-0.4, -0.2) is 25.7 Å². The van der Waals surface area contributed by atoms with Gasteiger partial charge < -0.3 is 16.2 Å². The molecule has 1 aromatic carbocycles. The minimum atomic E-state index is -0.111. The molecule has 0 atom stereocenters. The number of hydrogen-bond donors (Lipinski definition) is 2. The van der Waals surface area contributed by atoms with Gasteiger partial charge in [-0.05, 0) is 24.5 Å². The molecule has 1 aliphatic rings. The molecule has 5 heteroatoms. The lowest BCUT2D eigenvalue weighted by Gasteiger charge is -2.37. The van der Waals surface area contributed by atoms with Crippen LogP contribution in [0.2, 0.25) is 5.02 Å². The zero-order valence-electron chi connectivity index (χ0n) is 10.2. The Morgan fingerprint density at radius 2 is 1.94 bits per heavy atom. The fraction of sp³-hybridized carbons (Fsp3) is 0.462. The van der Waals surface area contributed by atoms with Gasteiger partial charge in [-0.25, -0.2) is 0 Å². The molecule has 1 fully saturated rings. The lowest BCUT2D eigenvalue weighted by atomic mass is 9.74. The van der Waals surface area contributed by atoms with Crippen molar-refractivity contribution in [1.82, 2.24) is 0 Å². The molecule has 0 amide bonds. The highest BCUT2D eigenvalue weighted by Crippen LogP contribution is 2.38. The lowest BCUT2D eigenvalue weighted by Crippen LogP contribution is -2.38. The maximum absolute atomic E-state index is 6.31. The molecule has 0 spiro atoms. The van der Waals surface area contributed by atoms with Crippen molar-refractivity contribution in [2.75, 3.05) is 19.8 Å². The van der Waals surface area contributed by atoms with E-state index in [1.54, 1.807) is 0 Å². The first kappa shape index (κ1) is 13.2. The molecular formula is C13H18ClN3O. The van der Waals surface area contributed by atoms with Crippen LogP contribution >= 0.6 is 11.6 Å². The molecule has 1 aliphatic heterocycles. The Morgan fingerprint density at radius 1 is 1.28 bits per heavy atom. The van der Waals surface area contributed by atoms with Gasteiger partial charge in [0.25, 0.3) is 0 Å². The standard InChI is InChI=1S/C13H18ClN3O/c14-11-4-2-1-3-10(11)13(9-17-12(15)16)5-7-18-8-6-13/h1-4H,5-9H2,(H4,15,16,17). The highest BCUT2D eigenvalue weighted by atomic mass is 35.5. The number of halogens is 1. The molecule has 0 unspecified atom stereocenters. The molecular weight excluding hydrogens is 250 g/mol. The second-order valence-corrected chi connectivity index (χ2v) is 5.02. The third kappa shape index (κ3) is 2.76. The first-order valence-corrected chi connectivity index (χ1v) is 6.40. The van der Waals surface area contributed by atoms with E-state index >= 15 is 0 Å². The molecule has 18 heavy (non-hydrogen) atoms. The first-order valence-electron chi connectivity index (χ1n) is 6.02. The largest absolute Gasteiger partial charge is 0.381 e. The minimum Gasteiger partial charge on any atom is -0.381 e. The topological polar surface area (TPSA) is 73.6 Å². The summed E-state index contributed by atoms with van der Waals surface area (Å²) < 4.78 is 5.44. The Morgan fingerprint density at radius 3 is 2.56 bits per heavy atom. The smallest absolute Gasteiger partial charge is 0.185 e. The van der Waals surface area contributed by atoms with E-state index in [-0.39, 0.29) is 11.4 Å². The third-order valence-electron chi connectivity index (χ3n) is 3.46. The number of nitrogens with zero attached hydrogens (tertiary/aromatic N) is 1. The second-order valence-electron chi connectivity index (χ2n) is 4.61. The van der Waals surface area contributed by atoms with Crippen molar-refractivity contribution in [1.29, 1.82) is 0 Å². The van der Waals surface area contributed by atoms with Gasteiger partial charge in [-0.1, -0.05) is 29.8 Å². The molecule has 4 N–H and O–H groups in total. The zero-order valence-corrected chi connectivity index (χ0v) is 11.0. The van der Waals surface area contributed by atoms with Gasteiger partial charge in [0.1, 0.15) is 0 Å². The maximum Gasteiger partial charge on any atom is 0.185 e. The van der Waals surface area contributed by atoms with Crippen LogP contribution < -0.4 is 11.5 Å². The van der Waals surface area contributed by atoms with E-state index in [0.29, 0.717) is 19.8 Å². The molecule has 0 radical (unpaired) electrons. The summed E-state index contributed by atoms with van der Waals surface area (Å²) in [7, 11) is 0. The van der Waals surface area contributed by atoms with Crippen molar-refractivity contribution < 1.29 is 4.74 Å². The molecule has 0 aromatic heterocycles. The van der Waals surface area contributed by atoms with E-state index in [1.807, 2.05) is 18.2 Å². The Labute approximate surface area is 112 Å². The van der Waals surface area contributed by atoms with E-state index in [4.69, 9.17) is 27.8 Å². The fourth-order valence-corrected chi connectivity index (χ4v) is 2.74. The molecule has 1 saturated heterocycles. The summed E-state index contributed by atoms with van der Waals surface area (Å²) in [4.78, 5) is 4.20. The predicted octanol–water partition coefficient (Wildman–Crippen LogP) is 1.66. The number of nitrogens with two attached hydrogens (primary N) is 2. The van der Waals surface area contributed by atoms with Gasteiger partial charge in [-0.3, -0.25) is 4.99 Å². The monoisotopic (exact) mass is 267 g/mol. The van der Waals surface area contributed by atoms with E-state index in [0.717, 1.165) is 23.4 Å². The van der Waals surface area contributed by atoms with Crippen molar-refractivity contribution in [3.05, 3.63) is 34.9 Å². The zero-order chi connectivity index (χ0) is 13.0. The van der Waals surface area contributed by atoms with Crippen molar-refractivity contribution in [3.63, 3.8) is 0 Å². The van der Waals surface area contributed by atoms with Crippen LogP contribution in [0.4, 0.5) is 0 Å². The summed E-state index contributed by atoms with van der Waals surface area (Å²) in [6, 6.07) is 7.88.